The van der Waals surface area contributed by atoms with E-state index in [1.54, 1.807) is 36.4 Å². The Balaban J connectivity index is 1.76. The van der Waals surface area contributed by atoms with Crippen molar-refractivity contribution in [3.8, 4) is 0 Å². The Labute approximate surface area is 237 Å². The molecule has 0 unspecified atom stereocenters. The highest BCUT2D eigenvalue weighted by Crippen LogP contribution is 2.28. The quantitative estimate of drug-likeness (QED) is 0.185. The number of nitrogens with one attached hydrogen (secondary N) is 2. The number of hydrogen-bond donors (Lipinski definition) is 2. The molecule has 0 aliphatic rings. The lowest BCUT2D eigenvalue weighted by Crippen LogP contribution is -2.34. The summed E-state index contributed by atoms with van der Waals surface area (Å²) >= 11 is 22.8. The summed E-state index contributed by atoms with van der Waals surface area (Å²) in [7, 11) is 0. The van der Waals surface area contributed by atoms with Crippen molar-refractivity contribution in [2.45, 2.75) is 31.6 Å². The number of hydrogen-bond acceptors (Lipinski definition) is 5. The van der Waals surface area contributed by atoms with Crippen molar-refractivity contribution in [1.29, 1.82) is 0 Å². The molecule has 2 aromatic carbocycles. The van der Waals surface area contributed by atoms with E-state index in [9.17, 15) is 9.59 Å². The first-order chi connectivity index (χ1) is 17.1. The SMILES string of the molecule is C=CCn1c(SCC(=O)Nc2ccc(Br)c(Cl)c2)nnc1[C@H](NC(=O)c1ccc(Cl)cc1Cl)C(C)C. The van der Waals surface area contributed by atoms with Gasteiger partial charge >= 0.3 is 0 Å². The third-order valence-electron chi connectivity index (χ3n) is 5.00. The van der Waals surface area contributed by atoms with Crippen LogP contribution in [0, 0.1) is 5.92 Å². The number of halogens is 4. The zero-order chi connectivity index (χ0) is 26.4. The van der Waals surface area contributed by atoms with E-state index in [0.29, 0.717) is 38.8 Å². The molecule has 0 saturated carbocycles. The number of aromatic nitrogens is 3. The predicted octanol–water partition coefficient (Wildman–Crippen LogP) is 7.04. The highest BCUT2D eigenvalue weighted by Gasteiger charge is 2.27. The van der Waals surface area contributed by atoms with E-state index >= 15 is 0 Å². The summed E-state index contributed by atoms with van der Waals surface area (Å²) in [6, 6.07) is 9.40. The van der Waals surface area contributed by atoms with Crippen LogP contribution in [0.4, 0.5) is 5.69 Å². The van der Waals surface area contributed by atoms with Crippen LogP contribution in [0.2, 0.25) is 15.1 Å². The number of carbonyl (C=O) groups excluding carboxylic acids is 2. The number of benzene rings is 2. The van der Waals surface area contributed by atoms with Gasteiger partial charge in [0, 0.05) is 21.7 Å². The fourth-order valence-electron chi connectivity index (χ4n) is 3.26. The molecule has 0 aliphatic heterocycles. The number of amides is 2. The Morgan fingerprint density at radius 2 is 1.89 bits per heavy atom. The highest BCUT2D eigenvalue weighted by atomic mass is 79.9. The maximum absolute atomic E-state index is 13.0. The highest BCUT2D eigenvalue weighted by molar-refractivity contribution is 9.10. The monoisotopic (exact) mass is 629 g/mol. The second-order valence-electron chi connectivity index (χ2n) is 8.03. The second-order valence-corrected chi connectivity index (χ2v) is 11.1. The molecule has 0 bridgehead atoms. The molecule has 7 nitrogen and oxygen atoms in total. The lowest BCUT2D eigenvalue weighted by Gasteiger charge is -2.23. The minimum Gasteiger partial charge on any atom is -0.342 e. The summed E-state index contributed by atoms with van der Waals surface area (Å²) in [5, 5.41) is 16.2. The molecule has 12 heteroatoms. The smallest absolute Gasteiger partial charge is 0.253 e. The lowest BCUT2D eigenvalue weighted by molar-refractivity contribution is -0.113. The first kappa shape index (κ1) is 28.5. The second kappa shape index (κ2) is 13.0. The fraction of sp³-hybridized carbons (Fsp3) is 0.250. The Morgan fingerprint density at radius 3 is 2.53 bits per heavy atom. The molecule has 0 spiro atoms. The van der Waals surface area contributed by atoms with E-state index in [2.05, 4.69) is 43.3 Å². The number of anilines is 1. The summed E-state index contributed by atoms with van der Waals surface area (Å²) in [6.07, 6.45) is 1.70. The average molecular weight is 632 g/mol. The Morgan fingerprint density at radius 1 is 1.14 bits per heavy atom. The van der Waals surface area contributed by atoms with Gasteiger partial charge in [0.1, 0.15) is 0 Å². The minimum atomic E-state index is -0.468. The van der Waals surface area contributed by atoms with Gasteiger partial charge < -0.3 is 15.2 Å². The largest absolute Gasteiger partial charge is 0.342 e. The van der Waals surface area contributed by atoms with E-state index in [1.165, 1.54) is 17.8 Å². The molecule has 3 aromatic rings. The number of nitrogens with zero attached hydrogens (tertiary/aromatic N) is 3. The Kier molecular flexibility index (Phi) is 10.3. The van der Waals surface area contributed by atoms with Gasteiger partial charge in [0.15, 0.2) is 11.0 Å². The van der Waals surface area contributed by atoms with Crippen molar-refractivity contribution in [3.05, 3.63) is 80.0 Å². The first-order valence-electron chi connectivity index (χ1n) is 10.8. The minimum absolute atomic E-state index is 0.0175. The summed E-state index contributed by atoms with van der Waals surface area (Å²) in [6.45, 7) is 8.14. The normalized spacial score (nSPS) is 11.9. The van der Waals surface area contributed by atoms with Crippen molar-refractivity contribution >= 4 is 80.0 Å². The van der Waals surface area contributed by atoms with Gasteiger partial charge in [-0.05, 0) is 58.2 Å². The van der Waals surface area contributed by atoms with Gasteiger partial charge in [-0.2, -0.15) is 0 Å². The standard InChI is InChI=1S/C24H23BrCl3N5O2S/c1-4-9-33-22(21(13(2)3)30-23(35)16-7-5-14(26)10-18(16)27)31-32-24(33)36-12-20(34)29-15-6-8-17(25)19(28)11-15/h4-8,10-11,13,21H,1,9,12H2,2-3H3,(H,29,34)(H,30,35)/t21-/m1/s1. The molecule has 3 rings (SSSR count). The average Bonchev–Trinajstić information content (AvgIpc) is 3.20. The summed E-state index contributed by atoms with van der Waals surface area (Å²) in [4.78, 5) is 25.5. The molecule has 2 N–H and O–H groups in total. The molecule has 0 fully saturated rings. The van der Waals surface area contributed by atoms with Crippen LogP contribution in [-0.4, -0.2) is 32.3 Å². The molecular formula is C24H23BrCl3N5O2S. The van der Waals surface area contributed by atoms with Crippen LogP contribution in [-0.2, 0) is 11.3 Å². The zero-order valence-electron chi connectivity index (χ0n) is 19.4. The predicted molar refractivity (Wildman–Crippen MR) is 150 cm³/mol. The molecule has 0 saturated heterocycles. The van der Waals surface area contributed by atoms with Gasteiger partial charge in [0.25, 0.3) is 5.91 Å². The van der Waals surface area contributed by atoms with Gasteiger partial charge in [-0.25, -0.2) is 0 Å². The third-order valence-corrected chi connectivity index (χ3v) is 7.75. The zero-order valence-corrected chi connectivity index (χ0v) is 24.1. The number of allylic oxidation sites excluding steroid dienone is 1. The van der Waals surface area contributed by atoms with Crippen LogP contribution in [0.3, 0.4) is 0 Å². The van der Waals surface area contributed by atoms with Crippen LogP contribution >= 0.6 is 62.5 Å². The van der Waals surface area contributed by atoms with Crippen molar-refractivity contribution in [2.75, 3.05) is 11.1 Å². The van der Waals surface area contributed by atoms with Gasteiger partial charge in [-0.3, -0.25) is 9.59 Å². The molecule has 190 valence electrons. The molecule has 1 aromatic heterocycles. The van der Waals surface area contributed by atoms with Crippen LogP contribution in [0.25, 0.3) is 0 Å². The van der Waals surface area contributed by atoms with Crippen LogP contribution in [0.1, 0.15) is 36.1 Å². The lowest BCUT2D eigenvalue weighted by atomic mass is 10.0. The first-order valence-corrected chi connectivity index (χ1v) is 13.7. The van der Waals surface area contributed by atoms with Crippen LogP contribution in [0.5, 0.6) is 0 Å². The van der Waals surface area contributed by atoms with E-state index in [0.717, 1.165) is 4.47 Å². The number of thioether (sulfide) groups is 1. The molecule has 0 aliphatic carbocycles. The van der Waals surface area contributed by atoms with E-state index in [4.69, 9.17) is 34.8 Å². The van der Waals surface area contributed by atoms with Crippen LogP contribution < -0.4 is 10.6 Å². The maximum atomic E-state index is 13.0. The number of carbonyl (C=O) groups is 2. The Bertz CT molecular complexity index is 1280. The van der Waals surface area contributed by atoms with E-state index in [1.807, 2.05) is 18.4 Å². The van der Waals surface area contributed by atoms with Gasteiger partial charge in [-0.15, -0.1) is 16.8 Å². The molecule has 1 heterocycles. The van der Waals surface area contributed by atoms with Crippen molar-refractivity contribution < 1.29 is 9.59 Å². The third kappa shape index (κ3) is 7.26. The summed E-state index contributed by atoms with van der Waals surface area (Å²) in [5.74, 6) is 0.0497. The van der Waals surface area contributed by atoms with Gasteiger partial charge in [-0.1, -0.05) is 66.5 Å². The van der Waals surface area contributed by atoms with Crippen molar-refractivity contribution in [1.82, 2.24) is 20.1 Å². The molecule has 0 radical (unpaired) electrons. The molecule has 36 heavy (non-hydrogen) atoms. The van der Waals surface area contributed by atoms with Gasteiger partial charge in [0.05, 0.1) is 27.4 Å². The molecule has 2 amide bonds. The van der Waals surface area contributed by atoms with Gasteiger partial charge in [0.2, 0.25) is 5.91 Å². The van der Waals surface area contributed by atoms with Crippen molar-refractivity contribution in [2.24, 2.45) is 5.92 Å². The molecule has 1 atom stereocenters. The number of rotatable bonds is 10. The Hall–Kier alpha value is -2.04. The summed E-state index contributed by atoms with van der Waals surface area (Å²) < 4.78 is 2.57. The van der Waals surface area contributed by atoms with Crippen molar-refractivity contribution in [3.63, 3.8) is 0 Å². The maximum Gasteiger partial charge on any atom is 0.253 e. The topological polar surface area (TPSA) is 88.9 Å². The van der Waals surface area contributed by atoms with E-state index in [-0.39, 0.29) is 28.5 Å². The summed E-state index contributed by atoms with van der Waals surface area (Å²) in [5.41, 5.74) is 0.895. The van der Waals surface area contributed by atoms with Crippen LogP contribution in [0.15, 0.2) is 58.7 Å². The van der Waals surface area contributed by atoms with E-state index < -0.39 is 6.04 Å². The molecular weight excluding hydrogens is 609 g/mol. The fourth-order valence-corrected chi connectivity index (χ4v) is 4.94.